The van der Waals surface area contributed by atoms with Gasteiger partial charge in [-0.25, -0.2) is 0 Å². The van der Waals surface area contributed by atoms with E-state index in [1.54, 1.807) is 13.8 Å². The van der Waals surface area contributed by atoms with E-state index in [0.29, 0.717) is 0 Å². The predicted molar refractivity (Wildman–Crippen MR) is 91.6 cm³/mol. The number of benzene rings is 1. The Balaban J connectivity index is 3.19. The number of ketones is 1. The van der Waals surface area contributed by atoms with Crippen molar-refractivity contribution in [3.8, 4) is 0 Å². The Hall–Kier alpha value is -1.70. The first-order chi connectivity index (χ1) is 12.6. The van der Waals surface area contributed by atoms with Crippen molar-refractivity contribution in [3.63, 3.8) is 0 Å². The molecule has 1 atom stereocenters. The van der Waals surface area contributed by atoms with Gasteiger partial charge < -0.3 is 13.8 Å². The summed E-state index contributed by atoms with van der Waals surface area (Å²) in [7, 11) is -3.78. The third kappa shape index (κ3) is 6.75. The van der Waals surface area contributed by atoms with Gasteiger partial charge in [0.05, 0.1) is 25.4 Å². The Morgan fingerprint density at radius 1 is 1.00 bits per heavy atom. The Bertz CT molecular complexity index is 677. The number of rotatable bonds is 10. The molecule has 0 aliphatic rings. The van der Waals surface area contributed by atoms with Crippen LogP contribution >= 0.6 is 7.60 Å². The lowest BCUT2D eigenvalue weighted by molar-refractivity contribution is -0.147. The van der Waals surface area contributed by atoms with Crippen LogP contribution < -0.4 is 0 Å². The highest BCUT2D eigenvalue weighted by molar-refractivity contribution is 7.54. The summed E-state index contributed by atoms with van der Waals surface area (Å²) in [6, 6.07) is 3.57. The van der Waals surface area contributed by atoms with Crippen molar-refractivity contribution in [1.29, 1.82) is 0 Å². The lowest BCUT2D eigenvalue weighted by Crippen LogP contribution is -2.27. The Morgan fingerprint density at radius 3 is 1.93 bits per heavy atom. The molecule has 1 unspecified atom stereocenters. The second kappa shape index (κ2) is 10.0. The monoisotopic (exact) mass is 410 g/mol. The number of ether oxygens (including phenoxy) is 1. The fraction of sp³-hybridized carbons (Fsp3) is 0.529. The zero-order chi connectivity index (χ0) is 20.7. The van der Waals surface area contributed by atoms with E-state index in [9.17, 15) is 27.3 Å². The zero-order valence-electron chi connectivity index (χ0n) is 15.2. The first-order valence-electron chi connectivity index (χ1n) is 8.32. The molecule has 10 heteroatoms. The number of carbonyl (C=O) groups excluding carboxylic acids is 2. The largest absolute Gasteiger partial charge is 0.465 e. The van der Waals surface area contributed by atoms with E-state index in [4.69, 9.17) is 13.8 Å². The topological polar surface area (TPSA) is 78.9 Å². The first kappa shape index (κ1) is 23.3. The molecule has 1 rings (SSSR count). The minimum atomic E-state index is -4.55. The van der Waals surface area contributed by atoms with E-state index >= 15 is 0 Å². The molecule has 0 aromatic heterocycles. The van der Waals surface area contributed by atoms with Gasteiger partial charge in [0.15, 0.2) is 5.78 Å². The van der Waals surface area contributed by atoms with Crippen molar-refractivity contribution in [2.45, 2.75) is 32.9 Å². The average molecular weight is 410 g/mol. The van der Waals surface area contributed by atoms with Crippen LogP contribution in [0.4, 0.5) is 13.2 Å². The second-order valence-electron chi connectivity index (χ2n) is 5.38. The van der Waals surface area contributed by atoms with Crippen LogP contribution in [0.15, 0.2) is 24.3 Å². The van der Waals surface area contributed by atoms with Gasteiger partial charge in [0.25, 0.3) is 0 Å². The minimum absolute atomic E-state index is 0.00555. The summed E-state index contributed by atoms with van der Waals surface area (Å²) >= 11 is 0. The van der Waals surface area contributed by atoms with Crippen LogP contribution in [0.5, 0.6) is 0 Å². The number of hydrogen-bond acceptors (Lipinski definition) is 6. The number of hydrogen-bond donors (Lipinski definition) is 0. The number of halogens is 3. The maximum atomic E-state index is 12.7. The van der Waals surface area contributed by atoms with Crippen LogP contribution in [0.25, 0.3) is 0 Å². The standard InChI is InChI=1S/C17H22F3O6P/c1-4-24-16(22)15(12-7-9-13(10-8-12)17(18,19)20)14(21)11-27(23,25-5-2)26-6-3/h7-10,15H,4-6,11H2,1-3H3. The van der Waals surface area contributed by atoms with Crippen molar-refractivity contribution >= 4 is 19.3 Å². The van der Waals surface area contributed by atoms with Crippen LogP contribution in [0.2, 0.25) is 0 Å². The van der Waals surface area contributed by atoms with Gasteiger partial charge in [0, 0.05) is 0 Å². The number of carbonyl (C=O) groups is 2. The fourth-order valence-corrected chi connectivity index (χ4v) is 3.96. The molecule has 0 aliphatic carbocycles. The third-order valence-electron chi connectivity index (χ3n) is 3.42. The van der Waals surface area contributed by atoms with Gasteiger partial charge in [-0.1, -0.05) is 12.1 Å². The molecule has 0 saturated carbocycles. The first-order valence-corrected chi connectivity index (χ1v) is 10.0. The molecule has 0 saturated heterocycles. The maximum absolute atomic E-state index is 12.7. The highest BCUT2D eigenvalue weighted by atomic mass is 31.2. The average Bonchev–Trinajstić information content (AvgIpc) is 2.55. The normalized spacial score (nSPS) is 13.3. The van der Waals surface area contributed by atoms with Crippen LogP contribution in [0.1, 0.15) is 37.8 Å². The van der Waals surface area contributed by atoms with Gasteiger partial charge in [0.2, 0.25) is 0 Å². The van der Waals surface area contributed by atoms with E-state index in [-0.39, 0.29) is 25.4 Å². The van der Waals surface area contributed by atoms with Crippen molar-refractivity contribution < 1.29 is 41.1 Å². The van der Waals surface area contributed by atoms with Crippen LogP contribution in [0, 0.1) is 0 Å². The van der Waals surface area contributed by atoms with Gasteiger partial charge in [-0.15, -0.1) is 0 Å². The van der Waals surface area contributed by atoms with Crippen LogP contribution in [-0.2, 0) is 34.1 Å². The Morgan fingerprint density at radius 2 is 1.52 bits per heavy atom. The summed E-state index contributed by atoms with van der Waals surface area (Å²) in [6.45, 7) is 4.67. The van der Waals surface area contributed by atoms with Gasteiger partial charge in [0.1, 0.15) is 12.1 Å². The molecule has 0 radical (unpaired) electrons. The molecule has 0 aliphatic heterocycles. The molecule has 0 bridgehead atoms. The summed E-state index contributed by atoms with van der Waals surface area (Å²) in [6.07, 6.45) is -5.25. The van der Waals surface area contributed by atoms with Crippen LogP contribution in [-0.4, -0.2) is 37.7 Å². The van der Waals surface area contributed by atoms with Crippen molar-refractivity contribution in [2.24, 2.45) is 0 Å². The quantitative estimate of drug-likeness (QED) is 0.327. The Labute approximate surface area is 155 Å². The molecule has 0 fully saturated rings. The molecule has 0 N–H and O–H groups in total. The molecule has 0 spiro atoms. The van der Waals surface area contributed by atoms with E-state index in [0.717, 1.165) is 24.3 Å². The highest BCUT2D eigenvalue weighted by Crippen LogP contribution is 2.48. The third-order valence-corrected chi connectivity index (χ3v) is 5.42. The van der Waals surface area contributed by atoms with Gasteiger partial charge in [-0.3, -0.25) is 14.2 Å². The summed E-state index contributed by atoms with van der Waals surface area (Å²) in [5.74, 6) is -3.29. The molecule has 6 nitrogen and oxygen atoms in total. The highest BCUT2D eigenvalue weighted by Gasteiger charge is 2.37. The van der Waals surface area contributed by atoms with Crippen LogP contribution in [0.3, 0.4) is 0 Å². The van der Waals surface area contributed by atoms with Gasteiger partial charge in [-0.05, 0) is 38.5 Å². The molecular weight excluding hydrogens is 388 g/mol. The maximum Gasteiger partial charge on any atom is 0.416 e. The SMILES string of the molecule is CCOC(=O)C(C(=O)CP(=O)(OCC)OCC)c1ccc(C(F)(F)F)cc1. The van der Waals surface area contributed by atoms with E-state index < -0.39 is 43.2 Å². The van der Waals surface area contributed by atoms with Crippen molar-refractivity contribution in [1.82, 2.24) is 0 Å². The lowest BCUT2D eigenvalue weighted by Gasteiger charge is -2.20. The van der Waals surface area contributed by atoms with E-state index in [2.05, 4.69) is 0 Å². The molecular formula is C17H22F3O6P. The van der Waals surface area contributed by atoms with E-state index in [1.807, 2.05) is 0 Å². The Kier molecular flexibility index (Phi) is 8.65. The molecule has 0 heterocycles. The molecule has 27 heavy (non-hydrogen) atoms. The summed E-state index contributed by atoms with van der Waals surface area (Å²) < 4.78 is 65.7. The van der Waals surface area contributed by atoms with E-state index in [1.165, 1.54) is 6.92 Å². The van der Waals surface area contributed by atoms with Gasteiger partial charge >= 0.3 is 19.7 Å². The zero-order valence-corrected chi connectivity index (χ0v) is 16.1. The summed E-state index contributed by atoms with van der Waals surface area (Å²) in [5, 5.41) is 0. The number of esters is 1. The summed E-state index contributed by atoms with van der Waals surface area (Å²) in [5.41, 5.74) is -0.915. The van der Waals surface area contributed by atoms with Gasteiger partial charge in [-0.2, -0.15) is 13.2 Å². The molecule has 1 aromatic rings. The second-order valence-corrected chi connectivity index (χ2v) is 7.43. The smallest absolute Gasteiger partial charge is 0.416 e. The van der Waals surface area contributed by atoms with Crippen molar-refractivity contribution in [2.75, 3.05) is 26.0 Å². The molecule has 152 valence electrons. The predicted octanol–water partition coefficient (Wildman–Crippen LogP) is 4.19. The minimum Gasteiger partial charge on any atom is -0.465 e. The summed E-state index contributed by atoms with van der Waals surface area (Å²) in [4.78, 5) is 24.9. The lowest BCUT2D eigenvalue weighted by atomic mass is 9.94. The number of alkyl halides is 3. The number of Topliss-reactive ketones (excluding diaryl/α,β-unsaturated/α-hetero) is 1. The van der Waals surface area contributed by atoms with Crippen molar-refractivity contribution in [3.05, 3.63) is 35.4 Å². The molecule has 1 aromatic carbocycles. The molecule has 0 amide bonds. The fourth-order valence-electron chi connectivity index (χ4n) is 2.35.